The van der Waals surface area contributed by atoms with E-state index in [1.54, 1.807) is 0 Å². The highest BCUT2D eigenvalue weighted by atomic mass is 32.1. The average molecular weight is 423 g/mol. The van der Waals surface area contributed by atoms with Crippen LogP contribution >= 0.6 is 11.3 Å². The van der Waals surface area contributed by atoms with E-state index in [1.165, 1.54) is 16.9 Å². The number of aryl methyl sites for hydroxylation is 2. The Hall–Kier alpha value is -3.06. The number of carbonyl (C=O) groups is 2. The molecular weight excluding hydrogens is 396 g/mol. The van der Waals surface area contributed by atoms with Gasteiger partial charge >= 0.3 is 0 Å². The Morgan fingerprint density at radius 2 is 1.70 bits per heavy atom. The molecule has 0 aliphatic carbocycles. The second-order valence-corrected chi connectivity index (χ2v) is 8.52. The second-order valence-electron chi connectivity index (χ2n) is 7.54. The summed E-state index contributed by atoms with van der Waals surface area (Å²) in [6.45, 7) is 5.83. The van der Waals surface area contributed by atoms with Crippen molar-refractivity contribution in [3.63, 3.8) is 0 Å². The quantitative estimate of drug-likeness (QED) is 0.569. The molecule has 0 unspecified atom stereocenters. The highest BCUT2D eigenvalue weighted by Gasteiger charge is 2.25. The van der Waals surface area contributed by atoms with Crippen LogP contribution in [0.25, 0.3) is 10.6 Å². The Morgan fingerprint density at radius 3 is 2.37 bits per heavy atom. The number of anilines is 1. The zero-order valence-electron chi connectivity index (χ0n) is 17.4. The molecule has 0 aliphatic heterocycles. The Bertz CT molecular complexity index is 984. The van der Waals surface area contributed by atoms with Crippen molar-refractivity contribution in [2.75, 3.05) is 5.32 Å². The van der Waals surface area contributed by atoms with Gasteiger partial charge in [0.2, 0.25) is 16.9 Å². The van der Waals surface area contributed by atoms with E-state index in [9.17, 15) is 9.59 Å². The first kappa shape index (κ1) is 21.6. The average Bonchev–Trinajstić information content (AvgIpc) is 3.20. The fraction of sp³-hybridized carbons (Fsp3) is 0.304. The predicted molar refractivity (Wildman–Crippen MR) is 120 cm³/mol. The molecule has 2 aromatic carbocycles. The monoisotopic (exact) mass is 422 g/mol. The molecule has 7 heteroatoms. The summed E-state index contributed by atoms with van der Waals surface area (Å²) in [6, 6.07) is 17.2. The molecule has 156 valence electrons. The number of hydrogen-bond acceptors (Lipinski definition) is 5. The van der Waals surface area contributed by atoms with Gasteiger partial charge in [-0.15, -0.1) is 10.2 Å². The minimum atomic E-state index is -0.639. The van der Waals surface area contributed by atoms with Gasteiger partial charge in [0.1, 0.15) is 11.0 Å². The van der Waals surface area contributed by atoms with Crippen molar-refractivity contribution in [1.29, 1.82) is 0 Å². The van der Waals surface area contributed by atoms with Crippen molar-refractivity contribution in [2.45, 2.75) is 39.7 Å². The van der Waals surface area contributed by atoms with E-state index in [4.69, 9.17) is 0 Å². The Labute approximate surface area is 180 Å². The molecule has 0 bridgehead atoms. The van der Waals surface area contributed by atoms with Crippen molar-refractivity contribution in [3.05, 3.63) is 65.7 Å². The van der Waals surface area contributed by atoms with Gasteiger partial charge in [0, 0.05) is 12.0 Å². The number of hydrogen-bond donors (Lipinski definition) is 2. The van der Waals surface area contributed by atoms with Crippen LogP contribution in [0.2, 0.25) is 0 Å². The van der Waals surface area contributed by atoms with Gasteiger partial charge < -0.3 is 5.32 Å². The van der Waals surface area contributed by atoms with Gasteiger partial charge in [0.15, 0.2) is 0 Å². The summed E-state index contributed by atoms with van der Waals surface area (Å²) in [5.74, 6) is -0.495. The molecule has 0 radical (unpaired) electrons. The summed E-state index contributed by atoms with van der Waals surface area (Å²) in [7, 11) is 0. The molecule has 3 aromatic rings. The summed E-state index contributed by atoms with van der Waals surface area (Å²) in [5.41, 5.74) is 3.21. The number of rotatable bonds is 8. The number of benzene rings is 2. The zero-order valence-corrected chi connectivity index (χ0v) is 18.2. The first-order valence-electron chi connectivity index (χ1n) is 9.97. The van der Waals surface area contributed by atoms with E-state index in [2.05, 4.69) is 20.8 Å². The van der Waals surface area contributed by atoms with Crippen LogP contribution in [-0.2, 0) is 16.0 Å². The first-order chi connectivity index (χ1) is 14.4. The van der Waals surface area contributed by atoms with Crippen LogP contribution in [-0.4, -0.2) is 28.1 Å². The van der Waals surface area contributed by atoms with E-state index in [1.807, 2.05) is 75.4 Å². The number of aromatic nitrogens is 2. The molecule has 6 nitrogen and oxygen atoms in total. The zero-order chi connectivity index (χ0) is 21.5. The van der Waals surface area contributed by atoms with Crippen molar-refractivity contribution in [2.24, 2.45) is 5.92 Å². The predicted octanol–water partition coefficient (Wildman–Crippen LogP) is 4.23. The van der Waals surface area contributed by atoms with Crippen molar-refractivity contribution in [1.82, 2.24) is 15.5 Å². The van der Waals surface area contributed by atoms with Gasteiger partial charge in [0.25, 0.3) is 0 Å². The van der Waals surface area contributed by atoms with Gasteiger partial charge in [-0.1, -0.05) is 85.3 Å². The third-order valence-corrected chi connectivity index (χ3v) is 5.59. The van der Waals surface area contributed by atoms with Gasteiger partial charge in [-0.3, -0.25) is 14.9 Å². The van der Waals surface area contributed by atoms with Crippen LogP contribution in [0, 0.1) is 12.8 Å². The van der Waals surface area contributed by atoms with Crippen LogP contribution < -0.4 is 10.6 Å². The van der Waals surface area contributed by atoms with E-state index in [0.29, 0.717) is 18.0 Å². The lowest BCUT2D eigenvalue weighted by atomic mass is 10.0. The summed E-state index contributed by atoms with van der Waals surface area (Å²) in [4.78, 5) is 25.2. The van der Waals surface area contributed by atoms with Crippen LogP contribution in [0.15, 0.2) is 54.6 Å². The van der Waals surface area contributed by atoms with Gasteiger partial charge in [-0.25, -0.2) is 0 Å². The summed E-state index contributed by atoms with van der Waals surface area (Å²) in [6.07, 6.45) is 0.965. The molecule has 2 amide bonds. The smallest absolute Gasteiger partial charge is 0.249 e. The van der Waals surface area contributed by atoms with Crippen LogP contribution in [0.1, 0.15) is 31.4 Å². The molecule has 0 fully saturated rings. The lowest BCUT2D eigenvalue weighted by Gasteiger charge is -2.21. The van der Waals surface area contributed by atoms with Crippen LogP contribution in [0.3, 0.4) is 0 Å². The number of carbonyl (C=O) groups excluding carboxylic acids is 2. The maximum Gasteiger partial charge on any atom is 0.249 e. The molecule has 0 saturated carbocycles. The fourth-order valence-electron chi connectivity index (χ4n) is 2.95. The molecule has 30 heavy (non-hydrogen) atoms. The van der Waals surface area contributed by atoms with E-state index in [-0.39, 0.29) is 17.7 Å². The molecule has 0 saturated heterocycles. The highest BCUT2D eigenvalue weighted by molar-refractivity contribution is 7.18. The SMILES string of the molecule is Cc1ccc(-c2nnc(NC(=O)[C@H](NC(=O)CCc3ccccc3)C(C)C)s2)cc1. The molecule has 3 rings (SSSR count). The molecule has 1 atom stereocenters. The highest BCUT2D eigenvalue weighted by Crippen LogP contribution is 2.26. The van der Waals surface area contributed by atoms with E-state index in [0.717, 1.165) is 16.1 Å². The number of amides is 2. The summed E-state index contributed by atoms with van der Waals surface area (Å²) in [5, 5.41) is 15.0. The van der Waals surface area contributed by atoms with Gasteiger partial charge in [0.05, 0.1) is 0 Å². The molecule has 0 aliphatic rings. The summed E-state index contributed by atoms with van der Waals surface area (Å²) < 4.78 is 0. The first-order valence-corrected chi connectivity index (χ1v) is 10.8. The van der Waals surface area contributed by atoms with Gasteiger partial charge in [-0.2, -0.15) is 0 Å². The van der Waals surface area contributed by atoms with Gasteiger partial charge in [-0.05, 0) is 24.8 Å². The lowest BCUT2D eigenvalue weighted by molar-refractivity contribution is -0.127. The molecule has 2 N–H and O–H groups in total. The largest absolute Gasteiger partial charge is 0.344 e. The van der Waals surface area contributed by atoms with Crippen molar-refractivity contribution in [3.8, 4) is 10.6 Å². The number of nitrogens with one attached hydrogen (secondary N) is 2. The fourth-order valence-corrected chi connectivity index (χ4v) is 3.70. The Balaban J connectivity index is 1.58. The van der Waals surface area contributed by atoms with Crippen LogP contribution in [0.4, 0.5) is 5.13 Å². The Morgan fingerprint density at radius 1 is 1.00 bits per heavy atom. The number of nitrogens with zero attached hydrogens (tertiary/aromatic N) is 2. The van der Waals surface area contributed by atoms with Crippen LogP contribution in [0.5, 0.6) is 0 Å². The molecule has 1 heterocycles. The molecule has 1 aromatic heterocycles. The minimum absolute atomic E-state index is 0.0600. The maximum absolute atomic E-state index is 12.8. The third kappa shape index (κ3) is 5.97. The van der Waals surface area contributed by atoms with Crippen molar-refractivity contribution >= 4 is 28.3 Å². The third-order valence-electron chi connectivity index (χ3n) is 4.70. The van der Waals surface area contributed by atoms with Crippen molar-refractivity contribution < 1.29 is 9.59 Å². The summed E-state index contributed by atoms with van der Waals surface area (Å²) >= 11 is 1.31. The second kappa shape index (κ2) is 10.1. The maximum atomic E-state index is 12.8. The van der Waals surface area contributed by atoms with E-state index < -0.39 is 6.04 Å². The normalized spacial score (nSPS) is 11.9. The molecular formula is C23H26N4O2S. The van der Waals surface area contributed by atoms with E-state index >= 15 is 0 Å². The standard InChI is InChI=1S/C23H26N4O2S/c1-15(2)20(24-19(28)14-11-17-7-5-4-6-8-17)21(29)25-23-27-26-22(30-23)18-12-9-16(3)10-13-18/h4-10,12-13,15,20H,11,14H2,1-3H3,(H,24,28)(H,25,27,29)/t20-/m1/s1. The Kier molecular flexibility index (Phi) is 7.30. The topological polar surface area (TPSA) is 84.0 Å². The lowest BCUT2D eigenvalue weighted by Crippen LogP contribution is -2.47. The molecule has 0 spiro atoms. The minimum Gasteiger partial charge on any atom is -0.344 e.